The molecule has 1 atom stereocenters. The van der Waals surface area contributed by atoms with Gasteiger partial charge in [-0.25, -0.2) is 9.97 Å². The Morgan fingerprint density at radius 3 is 2.41 bits per heavy atom. The Morgan fingerprint density at radius 1 is 1.15 bits per heavy atom. The van der Waals surface area contributed by atoms with E-state index in [1.54, 1.807) is 14.2 Å². The van der Waals surface area contributed by atoms with Gasteiger partial charge in [-0.15, -0.1) is 0 Å². The molecule has 0 radical (unpaired) electrons. The molecule has 1 aliphatic heterocycles. The van der Waals surface area contributed by atoms with Crippen molar-refractivity contribution in [2.24, 2.45) is 0 Å². The first-order chi connectivity index (χ1) is 16.1. The number of nitrogens with one attached hydrogen (secondary N) is 2. The number of methoxy groups -OCH3 is 1. The van der Waals surface area contributed by atoms with Crippen LogP contribution in [0.2, 0.25) is 0 Å². The number of likely N-dealkylation sites (tertiary alicyclic amines) is 1. The van der Waals surface area contributed by atoms with Gasteiger partial charge in [-0.3, -0.25) is 9.59 Å². The summed E-state index contributed by atoms with van der Waals surface area (Å²) in [6.45, 7) is 2.11. The summed E-state index contributed by atoms with van der Waals surface area (Å²) in [5, 5.41) is 5.71. The number of nitrogens with zero attached hydrogens (tertiary/aromatic N) is 3. The maximum absolute atomic E-state index is 13.1. The van der Waals surface area contributed by atoms with Crippen molar-refractivity contribution < 1.29 is 27.5 Å². The summed E-state index contributed by atoms with van der Waals surface area (Å²) in [6.07, 6.45) is 1.36. The molecule has 2 aromatic rings. The van der Waals surface area contributed by atoms with Gasteiger partial charge in [0.1, 0.15) is 18.2 Å². The first-order valence-electron chi connectivity index (χ1n) is 11.2. The van der Waals surface area contributed by atoms with Crippen LogP contribution in [0.25, 0.3) is 10.9 Å². The Bertz CT molecular complexity index is 1010. The normalized spacial score (nSPS) is 22.8. The van der Waals surface area contributed by atoms with Gasteiger partial charge in [0.15, 0.2) is 0 Å². The van der Waals surface area contributed by atoms with E-state index < -0.39 is 17.8 Å². The monoisotopic (exact) mass is 481 g/mol. The number of anilines is 1. The van der Waals surface area contributed by atoms with Gasteiger partial charge in [0.2, 0.25) is 11.8 Å². The number of aromatic nitrogens is 2. The highest BCUT2D eigenvalue weighted by atomic mass is 19.4. The average Bonchev–Trinajstić information content (AvgIpc) is 3.18. The maximum Gasteiger partial charge on any atom is 0.416 e. The predicted octanol–water partition coefficient (Wildman–Crippen LogP) is 3.37. The number of carbonyl (C=O) groups excluding carboxylic acids is 2. The van der Waals surface area contributed by atoms with Crippen molar-refractivity contribution in [1.82, 2.24) is 20.2 Å². The fourth-order valence-electron chi connectivity index (χ4n) is 4.30. The number of halogens is 3. The molecule has 2 aliphatic rings. The second kappa shape index (κ2) is 11.0. The highest BCUT2D eigenvalue weighted by Gasteiger charge is 2.38. The van der Waals surface area contributed by atoms with Gasteiger partial charge in [0.05, 0.1) is 17.2 Å². The van der Waals surface area contributed by atoms with Crippen LogP contribution in [0.1, 0.15) is 44.6 Å². The minimum atomic E-state index is -4.46. The fraction of sp³-hybridized carbons (Fsp3) is 0.565. The summed E-state index contributed by atoms with van der Waals surface area (Å²) in [4.78, 5) is 32.7. The average molecular weight is 482 g/mol. The molecular formula is C23H30F3N5O3. The number of benzene rings is 1. The first-order valence-corrected chi connectivity index (χ1v) is 11.2. The van der Waals surface area contributed by atoms with E-state index in [4.69, 9.17) is 4.74 Å². The highest BCUT2D eigenvalue weighted by molar-refractivity contribution is 5.93. The summed E-state index contributed by atoms with van der Waals surface area (Å²) in [5.41, 5.74) is -0.368. The van der Waals surface area contributed by atoms with E-state index in [1.165, 1.54) is 19.3 Å². The number of ether oxygens (including phenoxy) is 1. The number of fused-ring (bicyclic) bond motifs is 1. The molecule has 1 aromatic carbocycles. The Kier molecular flexibility index (Phi) is 8.29. The third kappa shape index (κ3) is 6.13. The zero-order chi connectivity index (χ0) is 24.9. The molecule has 0 spiro atoms. The van der Waals surface area contributed by atoms with Crippen molar-refractivity contribution in [3.05, 3.63) is 30.1 Å². The molecule has 1 aliphatic carbocycles. The molecule has 0 bridgehead atoms. The molecule has 2 heterocycles. The van der Waals surface area contributed by atoms with Crippen molar-refractivity contribution in [1.29, 1.82) is 0 Å². The minimum Gasteiger partial charge on any atom is -0.381 e. The van der Waals surface area contributed by atoms with Crippen molar-refractivity contribution in [2.45, 2.75) is 63.4 Å². The van der Waals surface area contributed by atoms with Gasteiger partial charge in [-0.05, 0) is 50.3 Å². The molecule has 2 amide bonds. The lowest BCUT2D eigenvalue weighted by Gasteiger charge is -2.34. The molecular weight excluding hydrogens is 451 g/mol. The smallest absolute Gasteiger partial charge is 0.381 e. The van der Waals surface area contributed by atoms with Crippen LogP contribution in [0.15, 0.2) is 24.5 Å². The number of rotatable bonds is 4. The molecule has 2 fully saturated rings. The molecule has 11 heteroatoms. The molecule has 186 valence electrons. The second-order valence-corrected chi connectivity index (χ2v) is 8.44. The Balaban J connectivity index is 0.000000588. The lowest BCUT2D eigenvalue weighted by molar-refractivity contribution is -0.137. The summed E-state index contributed by atoms with van der Waals surface area (Å²) in [6, 6.07) is 3.04. The number of alkyl halides is 3. The minimum absolute atomic E-state index is 0.00463. The fourth-order valence-corrected chi connectivity index (χ4v) is 4.30. The Morgan fingerprint density at radius 2 is 1.82 bits per heavy atom. The van der Waals surface area contributed by atoms with Crippen LogP contribution >= 0.6 is 0 Å². The van der Waals surface area contributed by atoms with E-state index in [1.807, 2.05) is 4.90 Å². The van der Waals surface area contributed by atoms with Crippen LogP contribution in [0.3, 0.4) is 0 Å². The molecule has 8 nitrogen and oxygen atoms in total. The molecule has 34 heavy (non-hydrogen) atoms. The van der Waals surface area contributed by atoms with Gasteiger partial charge in [-0.1, -0.05) is 0 Å². The quantitative estimate of drug-likeness (QED) is 0.695. The Hall–Kier alpha value is -2.95. The van der Waals surface area contributed by atoms with E-state index in [0.29, 0.717) is 18.5 Å². The predicted molar refractivity (Wildman–Crippen MR) is 121 cm³/mol. The van der Waals surface area contributed by atoms with Crippen LogP contribution < -0.4 is 10.6 Å². The zero-order valence-electron chi connectivity index (χ0n) is 19.5. The van der Waals surface area contributed by atoms with Gasteiger partial charge >= 0.3 is 6.18 Å². The summed E-state index contributed by atoms with van der Waals surface area (Å²) >= 11 is 0. The lowest BCUT2D eigenvalue weighted by atomic mass is 9.92. The van der Waals surface area contributed by atoms with Crippen LogP contribution in [0, 0.1) is 0 Å². The molecule has 1 saturated carbocycles. The van der Waals surface area contributed by atoms with Crippen molar-refractivity contribution in [3.63, 3.8) is 0 Å². The number of carbonyl (C=O) groups is 2. The van der Waals surface area contributed by atoms with Crippen LogP contribution in [0.5, 0.6) is 0 Å². The largest absolute Gasteiger partial charge is 0.416 e. The van der Waals surface area contributed by atoms with Gasteiger partial charge < -0.3 is 20.3 Å². The van der Waals surface area contributed by atoms with Gasteiger partial charge in [0.25, 0.3) is 0 Å². The number of hydrogen-bond acceptors (Lipinski definition) is 6. The topological polar surface area (TPSA) is 96.5 Å². The lowest BCUT2D eigenvalue weighted by Crippen LogP contribution is -2.43. The third-order valence-corrected chi connectivity index (χ3v) is 6.28. The molecule has 1 saturated heterocycles. The van der Waals surface area contributed by atoms with E-state index in [2.05, 4.69) is 20.6 Å². The molecule has 1 aromatic heterocycles. The van der Waals surface area contributed by atoms with E-state index in [9.17, 15) is 22.8 Å². The molecule has 2 N–H and O–H groups in total. The first kappa shape index (κ1) is 25.7. The van der Waals surface area contributed by atoms with Crippen LogP contribution in [0.4, 0.5) is 19.0 Å². The summed E-state index contributed by atoms with van der Waals surface area (Å²) < 4.78 is 44.7. The van der Waals surface area contributed by atoms with E-state index >= 15 is 0 Å². The van der Waals surface area contributed by atoms with Crippen molar-refractivity contribution in [2.75, 3.05) is 26.0 Å². The van der Waals surface area contributed by atoms with Crippen LogP contribution in [-0.2, 0) is 20.5 Å². The number of amides is 2. The van der Waals surface area contributed by atoms with Gasteiger partial charge in [0, 0.05) is 39.1 Å². The molecule has 4 rings (SSSR count). The Labute approximate surface area is 196 Å². The summed E-state index contributed by atoms with van der Waals surface area (Å²) in [5.74, 6) is 0.235. The van der Waals surface area contributed by atoms with Crippen molar-refractivity contribution in [3.8, 4) is 0 Å². The third-order valence-electron chi connectivity index (χ3n) is 6.28. The zero-order valence-corrected chi connectivity index (χ0v) is 19.5. The maximum atomic E-state index is 13.1. The second-order valence-electron chi connectivity index (χ2n) is 8.44. The molecule has 0 unspecified atom stereocenters. The van der Waals surface area contributed by atoms with Gasteiger partial charge in [-0.2, -0.15) is 13.2 Å². The number of hydrogen-bond donors (Lipinski definition) is 2. The standard InChI is InChI=1S/C20H23F3N4O2.C3H7NO/c1-29-14-5-3-13(4-6-14)27-9-8-17(19(27)28)26-18-15-10-12(20(21,22)23)2-7-16(15)24-11-25-18;1-3(5)4-2/h2,7,10-11,13-14,17H,3-6,8-9H2,1H3,(H,24,25,26);1-2H3,(H,4,5)/t13?,14?,17-;/m0./s1. The van der Waals surface area contributed by atoms with Crippen molar-refractivity contribution >= 4 is 28.5 Å². The summed E-state index contributed by atoms with van der Waals surface area (Å²) in [7, 11) is 3.31. The highest BCUT2D eigenvalue weighted by Crippen LogP contribution is 2.33. The SMILES string of the molecule is CNC(C)=O.COC1CCC(N2CC[C@H](Nc3ncnc4ccc(C(F)(F)F)cc34)C2=O)CC1. The van der Waals surface area contributed by atoms with E-state index in [-0.39, 0.29) is 35.2 Å². The van der Waals surface area contributed by atoms with Crippen LogP contribution in [-0.4, -0.2) is 65.6 Å². The van der Waals surface area contributed by atoms with E-state index in [0.717, 1.165) is 37.8 Å².